The number of carbonyl (C=O) groups is 1. The first-order chi connectivity index (χ1) is 19.8. The molecule has 1 amide bonds. The molecule has 1 aromatic heterocycles. The second-order valence-corrected chi connectivity index (χ2v) is 11.9. The highest BCUT2D eigenvalue weighted by molar-refractivity contribution is 5.91. The molecular weight excluding hydrogens is 521 g/mol. The molecule has 1 aliphatic carbocycles. The number of benzene rings is 1. The molecule has 0 bridgehead atoms. The number of aryl methyl sites for hydroxylation is 1. The molecule has 4 aliphatic rings. The van der Waals surface area contributed by atoms with E-state index in [0.29, 0.717) is 38.3 Å². The van der Waals surface area contributed by atoms with Gasteiger partial charge in [0.05, 0.1) is 29.8 Å². The number of aromatic nitrogens is 2. The Hall–Kier alpha value is -3.55. The van der Waals surface area contributed by atoms with E-state index in [4.69, 9.17) is 14.7 Å². The summed E-state index contributed by atoms with van der Waals surface area (Å²) >= 11 is 0. The molecule has 2 aromatic rings. The monoisotopic (exact) mass is 559 g/mol. The van der Waals surface area contributed by atoms with Crippen LogP contribution in [0.2, 0.25) is 0 Å². The Bertz CT molecular complexity index is 1390. The van der Waals surface area contributed by atoms with Gasteiger partial charge in [-0.05, 0) is 57.5 Å². The van der Waals surface area contributed by atoms with Crippen molar-refractivity contribution in [1.29, 1.82) is 5.26 Å². The predicted molar refractivity (Wildman–Crippen MR) is 153 cm³/mol. The Labute approximate surface area is 241 Å². The summed E-state index contributed by atoms with van der Waals surface area (Å²) in [4.78, 5) is 30.8. The fourth-order valence-corrected chi connectivity index (χ4v) is 7.29. The summed E-state index contributed by atoms with van der Waals surface area (Å²) in [5.74, 6) is -0.968. The van der Waals surface area contributed by atoms with Crippen LogP contribution >= 0.6 is 0 Å². The molecule has 0 saturated carbocycles. The van der Waals surface area contributed by atoms with Gasteiger partial charge in [0.1, 0.15) is 12.4 Å². The molecule has 6 rings (SSSR count). The highest BCUT2D eigenvalue weighted by atomic mass is 19.1. The van der Waals surface area contributed by atoms with Crippen LogP contribution < -0.4 is 9.64 Å². The summed E-state index contributed by atoms with van der Waals surface area (Å²) in [6, 6.07) is 11.1. The molecule has 3 atom stereocenters. The zero-order chi connectivity index (χ0) is 28.7. The van der Waals surface area contributed by atoms with Crippen LogP contribution in [0.25, 0.3) is 0 Å². The molecule has 1 spiro atoms. The van der Waals surface area contributed by atoms with Crippen LogP contribution in [0, 0.1) is 11.3 Å². The third-order valence-corrected chi connectivity index (χ3v) is 9.64. The fourth-order valence-electron chi connectivity index (χ4n) is 7.29. The van der Waals surface area contributed by atoms with Crippen molar-refractivity contribution in [3.8, 4) is 12.1 Å². The minimum absolute atomic E-state index is 0.0972. The molecule has 4 heterocycles. The van der Waals surface area contributed by atoms with Crippen LogP contribution in [-0.2, 0) is 29.7 Å². The SMILES string of the molecule is C=C(F)C(=O)N1CCN(c2nc(OC[C@@H]3CCCN3C)nc3c2CN(C)C2(CCc4ccccc42)C3)C[C@@H]1CC#N. The molecule has 1 unspecified atom stereocenters. The second kappa shape index (κ2) is 11.0. The normalized spacial score (nSPS) is 26.1. The number of hydrogen-bond acceptors (Lipinski definition) is 8. The maximum absolute atomic E-state index is 13.8. The highest BCUT2D eigenvalue weighted by Crippen LogP contribution is 2.48. The van der Waals surface area contributed by atoms with Gasteiger partial charge in [-0.1, -0.05) is 30.8 Å². The van der Waals surface area contributed by atoms with Crippen molar-refractivity contribution in [2.24, 2.45) is 0 Å². The van der Waals surface area contributed by atoms with Crippen molar-refractivity contribution in [3.05, 3.63) is 59.1 Å². The summed E-state index contributed by atoms with van der Waals surface area (Å²) in [5.41, 5.74) is 4.68. The number of piperazine rings is 1. The van der Waals surface area contributed by atoms with Crippen LogP contribution in [-0.4, -0.2) is 89.5 Å². The van der Waals surface area contributed by atoms with Gasteiger partial charge in [-0.3, -0.25) is 9.69 Å². The number of nitrogens with zero attached hydrogens (tertiary/aromatic N) is 7. The van der Waals surface area contributed by atoms with Gasteiger partial charge in [0, 0.05) is 44.2 Å². The number of likely N-dealkylation sites (tertiary alicyclic amines) is 1. The first-order valence-electron chi connectivity index (χ1n) is 14.6. The van der Waals surface area contributed by atoms with E-state index >= 15 is 0 Å². The molecule has 0 N–H and O–H groups in total. The first-order valence-corrected chi connectivity index (χ1v) is 14.6. The number of nitriles is 1. The minimum Gasteiger partial charge on any atom is -0.462 e. The average molecular weight is 560 g/mol. The Kier molecular flexibility index (Phi) is 7.43. The van der Waals surface area contributed by atoms with Gasteiger partial charge in [0.2, 0.25) is 0 Å². The molecule has 216 valence electrons. The van der Waals surface area contributed by atoms with Gasteiger partial charge in [-0.25, -0.2) is 4.39 Å². The van der Waals surface area contributed by atoms with Gasteiger partial charge < -0.3 is 19.4 Å². The minimum atomic E-state index is -1.00. The van der Waals surface area contributed by atoms with E-state index in [1.165, 1.54) is 16.0 Å². The van der Waals surface area contributed by atoms with E-state index in [1.54, 1.807) is 0 Å². The lowest BCUT2D eigenvalue weighted by Gasteiger charge is -2.46. The van der Waals surface area contributed by atoms with E-state index in [9.17, 15) is 14.4 Å². The first kappa shape index (κ1) is 27.6. The number of anilines is 1. The van der Waals surface area contributed by atoms with E-state index < -0.39 is 17.8 Å². The van der Waals surface area contributed by atoms with Gasteiger partial charge >= 0.3 is 6.01 Å². The number of ether oxygens (including phenoxy) is 1. The van der Waals surface area contributed by atoms with E-state index in [-0.39, 0.29) is 18.5 Å². The molecule has 9 nitrogen and oxygen atoms in total. The van der Waals surface area contributed by atoms with E-state index in [0.717, 1.165) is 55.7 Å². The third kappa shape index (κ3) is 4.95. The zero-order valence-corrected chi connectivity index (χ0v) is 24.0. The number of carbonyl (C=O) groups excluding carboxylic acids is 1. The lowest BCUT2D eigenvalue weighted by atomic mass is 9.81. The maximum atomic E-state index is 13.8. The molecule has 0 radical (unpaired) electrons. The molecular formula is C31H38FN7O2. The summed E-state index contributed by atoms with van der Waals surface area (Å²) in [6.07, 6.45) is 5.17. The summed E-state index contributed by atoms with van der Waals surface area (Å²) in [5, 5.41) is 9.50. The second-order valence-electron chi connectivity index (χ2n) is 11.9. The largest absolute Gasteiger partial charge is 0.462 e. The average Bonchev–Trinajstić information content (AvgIpc) is 3.55. The van der Waals surface area contributed by atoms with Crippen molar-refractivity contribution >= 4 is 11.7 Å². The number of amides is 1. The summed E-state index contributed by atoms with van der Waals surface area (Å²) in [6.45, 7) is 6.57. The van der Waals surface area contributed by atoms with Crippen LogP contribution in [0.1, 0.15) is 48.1 Å². The number of rotatable bonds is 6. The molecule has 41 heavy (non-hydrogen) atoms. The zero-order valence-electron chi connectivity index (χ0n) is 24.0. The van der Waals surface area contributed by atoms with Crippen molar-refractivity contribution in [2.45, 2.75) is 62.7 Å². The van der Waals surface area contributed by atoms with E-state index in [2.05, 4.69) is 65.7 Å². The number of likely N-dealkylation sites (N-methyl/N-ethyl adjacent to an activating group) is 2. The third-order valence-electron chi connectivity index (χ3n) is 9.64. The lowest BCUT2D eigenvalue weighted by Crippen LogP contribution is -2.56. The van der Waals surface area contributed by atoms with Crippen molar-refractivity contribution in [1.82, 2.24) is 24.7 Å². The Balaban J connectivity index is 1.35. The van der Waals surface area contributed by atoms with Crippen LogP contribution in [0.15, 0.2) is 36.7 Å². The summed E-state index contributed by atoms with van der Waals surface area (Å²) < 4.78 is 20.1. The lowest BCUT2D eigenvalue weighted by molar-refractivity contribution is -0.131. The topological polar surface area (TPSA) is 88.8 Å². The van der Waals surface area contributed by atoms with Crippen LogP contribution in [0.4, 0.5) is 10.2 Å². The van der Waals surface area contributed by atoms with Crippen molar-refractivity contribution < 1.29 is 13.9 Å². The molecule has 1 aromatic carbocycles. The molecule has 2 saturated heterocycles. The Morgan fingerprint density at radius 2 is 2.05 bits per heavy atom. The number of halogens is 1. The van der Waals surface area contributed by atoms with Gasteiger partial charge in [0.25, 0.3) is 5.91 Å². The van der Waals surface area contributed by atoms with E-state index in [1.807, 2.05) is 0 Å². The van der Waals surface area contributed by atoms with Crippen molar-refractivity contribution in [2.75, 3.05) is 51.8 Å². The van der Waals surface area contributed by atoms with Gasteiger partial charge in [-0.2, -0.15) is 15.2 Å². The maximum Gasteiger partial charge on any atom is 0.318 e. The van der Waals surface area contributed by atoms with Crippen molar-refractivity contribution in [3.63, 3.8) is 0 Å². The molecule has 2 fully saturated rings. The summed E-state index contributed by atoms with van der Waals surface area (Å²) in [7, 11) is 4.30. The quantitative estimate of drug-likeness (QED) is 0.499. The highest BCUT2D eigenvalue weighted by Gasteiger charge is 2.47. The number of hydrogen-bond donors (Lipinski definition) is 0. The number of fused-ring (bicyclic) bond motifs is 3. The predicted octanol–water partition coefficient (Wildman–Crippen LogP) is 3.19. The fraction of sp³-hybridized carbons (Fsp3) is 0.548. The van der Waals surface area contributed by atoms with Gasteiger partial charge in [0.15, 0.2) is 5.83 Å². The van der Waals surface area contributed by atoms with Crippen LogP contribution in [0.5, 0.6) is 6.01 Å². The smallest absolute Gasteiger partial charge is 0.318 e. The Morgan fingerprint density at radius 1 is 1.22 bits per heavy atom. The Morgan fingerprint density at radius 3 is 2.80 bits per heavy atom. The molecule has 10 heteroatoms. The standard InChI is InChI=1S/C31H38FN7O2/c1-21(32)29(40)39-16-15-38(18-23(39)11-13-33)28-25-19-37(3)31(12-10-22-7-4-5-9-26(22)31)17-27(25)34-30(35-28)41-20-24-8-6-14-36(24)2/h4-5,7,9,23-24H,1,6,8,10-12,14-20H2,2-3H3/t23-,24-,31?/m0/s1. The van der Waals surface area contributed by atoms with Gasteiger partial charge in [-0.15, -0.1) is 0 Å². The molecule has 3 aliphatic heterocycles. The van der Waals surface area contributed by atoms with Crippen LogP contribution in [0.3, 0.4) is 0 Å².